The molecular formula is C21H20F2N2O. The first-order valence-electron chi connectivity index (χ1n) is 8.38. The van der Waals surface area contributed by atoms with E-state index in [-0.39, 0.29) is 5.91 Å². The fourth-order valence-corrected chi connectivity index (χ4v) is 3.01. The average molecular weight is 354 g/mol. The SMILES string of the molecule is Cc1ccc2nc(C)cc(C(=O)N(C)C(C)c3ccc(F)c(F)c3)c2c1. The first-order chi connectivity index (χ1) is 12.3. The van der Waals surface area contributed by atoms with Crippen molar-refractivity contribution < 1.29 is 13.6 Å². The van der Waals surface area contributed by atoms with Crippen molar-refractivity contribution in [2.24, 2.45) is 0 Å². The van der Waals surface area contributed by atoms with E-state index in [1.165, 1.54) is 11.0 Å². The number of carbonyl (C=O) groups is 1. The summed E-state index contributed by atoms with van der Waals surface area (Å²) in [5, 5.41) is 0.782. The molecule has 1 unspecified atom stereocenters. The van der Waals surface area contributed by atoms with E-state index in [1.807, 2.05) is 32.0 Å². The third kappa shape index (κ3) is 3.29. The standard InChI is InChI=1S/C21H20F2N2O/c1-12-5-8-20-16(9-12)17(10-13(2)24-20)21(26)25(4)14(3)15-6-7-18(22)19(23)11-15/h5-11,14H,1-4H3. The number of hydrogen-bond donors (Lipinski definition) is 0. The van der Waals surface area contributed by atoms with Gasteiger partial charge in [0, 0.05) is 18.1 Å². The summed E-state index contributed by atoms with van der Waals surface area (Å²) in [5.41, 5.74) is 3.62. The second-order valence-electron chi connectivity index (χ2n) is 6.60. The van der Waals surface area contributed by atoms with Crippen molar-refractivity contribution in [2.75, 3.05) is 7.05 Å². The number of rotatable bonds is 3. The summed E-state index contributed by atoms with van der Waals surface area (Å²) in [6.45, 7) is 5.59. The summed E-state index contributed by atoms with van der Waals surface area (Å²) in [6.07, 6.45) is 0. The molecule has 0 radical (unpaired) electrons. The van der Waals surface area contributed by atoms with E-state index in [0.29, 0.717) is 11.1 Å². The molecule has 26 heavy (non-hydrogen) atoms. The van der Waals surface area contributed by atoms with Crippen LogP contribution in [0.3, 0.4) is 0 Å². The Morgan fingerprint density at radius 2 is 1.77 bits per heavy atom. The van der Waals surface area contributed by atoms with Gasteiger partial charge in [0.05, 0.1) is 17.1 Å². The maximum atomic E-state index is 13.5. The van der Waals surface area contributed by atoms with Crippen LogP contribution in [0.15, 0.2) is 42.5 Å². The van der Waals surface area contributed by atoms with Crippen LogP contribution in [-0.2, 0) is 0 Å². The zero-order valence-corrected chi connectivity index (χ0v) is 15.2. The summed E-state index contributed by atoms with van der Waals surface area (Å²) in [5.74, 6) is -2.01. The maximum Gasteiger partial charge on any atom is 0.254 e. The highest BCUT2D eigenvalue weighted by molar-refractivity contribution is 6.06. The lowest BCUT2D eigenvalue weighted by Crippen LogP contribution is -2.30. The molecule has 3 aromatic rings. The third-order valence-corrected chi connectivity index (χ3v) is 4.65. The number of carbonyl (C=O) groups excluding carboxylic acids is 1. The van der Waals surface area contributed by atoms with Gasteiger partial charge in [0.1, 0.15) is 0 Å². The lowest BCUT2D eigenvalue weighted by molar-refractivity contribution is 0.0744. The van der Waals surface area contributed by atoms with E-state index in [4.69, 9.17) is 0 Å². The molecule has 0 aliphatic heterocycles. The Hall–Kier alpha value is -2.82. The first-order valence-corrected chi connectivity index (χ1v) is 8.38. The van der Waals surface area contributed by atoms with E-state index in [0.717, 1.165) is 34.3 Å². The van der Waals surface area contributed by atoms with Gasteiger partial charge in [-0.15, -0.1) is 0 Å². The molecule has 0 spiro atoms. The molecule has 134 valence electrons. The Kier molecular flexibility index (Phi) is 4.72. The number of hydrogen-bond acceptors (Lipinski definition) is 2. The highest BCUT2D eigenvalue weighted by Crippen LogP contribution is 2.26. The topological polar surface area (TPSA) is 33.2 Å². The van der Waals surface area contributed by atoms with E-state index in [9.17, 15) is 13.6 Å². The Morgan fingerprint density at radius 1 is 1.04 bits per heavy atom. The Bertz CT molecular complexity index is 1000. The van der Waals surface area contributed by atoms with Crippen LogP contribution in [0, 0.1) is 25.5 Å². The minimum Gasteiger partial charge on any atom is -0.335 e. The highest BCUT2D eigenvalue weighted by Gasteiger charge is 2.22. The molecule has 1 amide bonds. The van der Waals surface area contributed by atoms with Crippen LogP contribution < -0.4 is 0 Å². The van der Waals surface area contributed by atoms with Gasteiger partial charge in [-0.2, -0.15) is 0 Å². The third-order valence-electron chi connectivity index (χ3n) is 4.65. The minimum absolute atomic E-state index is 0.191. The maximum absolute atomic E-state index is 13.5. The van der Waals surface area contributed by atoms with Gasteiger partial charge in [0.25, 0.3) is 5.91 Å². The van der Waals surface area contributed by atoms with Crippen LogP contribution in [0.2, 0.25) is 0 Å². The van der Waals surface area contributed by atoms with E-state index in [2.05, 4.69) is 4.98 Å². The van der Waals surface area contributed by atoms with E-state index in [1.54, 1.807) is 20.0 Å². The van der Waals surface area contributed by atoms with Gasteiger partial charge in [0.15, 0.2) is 11.6 Å². The number of fused-ring (bicyclic) bond motifs is 1. The van der Waals surface area contributed by atoms with Crippen molar-refractivity contribution in [1.29, 1.82) is 0 Å². The molecule has 1 heterocycles. The lowest BCUT2D eigenvalue weighted by Gasteiger charge is -2.26. The largest absolute Gasteiger partial charge is 0.335 e. The zero-order valence-electron chi connectivity index (χ0n) is 15.2. The summed E-state index contributed by atoms with van der Waals surface area (Å²) in [6, 6.07) is 10.8. The number of aryl methyl sites for hydroxylation is 2. The van der Waals surface area contributed by atoms with Gasteiger partial charge in [0.2, 0.25) is 0 Å². The van der Waals surface area contributed by atoms with Gasteiger partial charge >= 0.3 is 0 Å². The van der Waals surface area contributed by atoms with Crippen LogP contribution >= 0.6 is 0 Å². The molecule has 0 fully saturated rings. The molecule has 3 nitrogen and oxygen atoms in total. The van der Waals surface area contributed by atoms with Crippen LogP contribution in [-0.4, -0.2) is 22.8 Å². The molecule has 3 rings (SSSR count). The van der Waals surface area contributed by atoms with Crippen molar-refractivity contribution in [1.82, 2.24) is 9.88 Å². The van der Waals surface area contributed by atoms with Crippen LogP contribution in [0.4, 0.5) is 8.78 Å². The van der Waals surface area contributed by atoms with Gasteiger partial charge in [-0.05, 0) is 56.7 Å². The number of pyridine rings is 1. The van der Waals surface area contributed by atoms with Gasteiger partial charge < -0.3 is 4.90 Å². The fourth-order valence-electron chi connectivity index (χ4n) is 3.01. The van der Waals surface area contributed by atoms with Gasteiger partial charge in [-0.1, -0.05) is 17.7 Å². The second kappa shape index (κ2) is 6.83. The van der Waals surface area contributed by atoms with Crippen molar-refractivity contribution in [3.05, 3.63) is 76.5 Å². The molecule has 1 aromatic heterocycles. The smallest absolute Gasteiger partial charge is 0.254 e. The molecule has 0 saturated carbocycles. The van der Waals surface area contributed by atoms with Crippen molar-refractivity contribution in [3.8, 4) is 0 Å². The van der Waals surface area contributed by atoms with Crippen LogP contribution in [0.25, 0.3) is 10.9 Å². The molecule has 1 atom stereocenters. The zero-order chi connectivity index (χ0) is 19.0. The molecule has 0 aliphatic carbocycles. The number of benzene rings is 2. The molecule has 2 aromatic carbocycles. The van der Waals surface area contributed by atoms with Crippen molar-refractivity contribution in [2.45, 2.75) is 26.8 Å². The van der Waals surface area contributed by atoms with Crippen molar-refractivity contribution in [3.63, 3.8) is 0 Å². The summed E-state index contributed by atoms with van der Waals surface area (Å²) < 4.78 is 26.7. The van der Waals surface area contributed by atoms with E-state index < -0.39 is 17.7 Å². The molecule has 0 N–H and O–H groups in total. The first kappa shape index (κ1) is 18.0. The second-order valence-corrected chi connectivity index (χ2v) is 6.60. The van der Waals surface area contributed by atoms with E-state index >= 15 is 0 Å². The summed E-state index contributed by atoms with van der Waals surface area (Å²) >= 11 is 0. The molecular weight excluding hydrogens is 334 g/mol. The van der Waals surface area contributed by atoms with Crippen LogP contribution in [0.5, 0.6) is 0 Å². The predicted molar refractivity (Wildman–Crippen MR) is 98.1 cm³/mol. The number of halogens is 2. The molecule has 0 saturated heterocycles. The summed E-state index contributed by atoms with van der Waals surface area (Å²) in [7, 11) is 1.66. The molecule has 0 bridgehead atoms. The monoisotopic (exact) mass is 354 g/mol. The quantitative estimate of drug-likeness (QED) is 0.666. The Labute approximate surface area is 151 Å². The minimum atomic E-state index is -0.920. The van der Waals surface area contributed by atoms with Crippen molar-refractivity contribution >= 4 is 16.8 Å². The highest BCUT2D eigenvalue weighted by atomic mass is 19.2. The van der Waals surface area contributed by atoms with Crippen LogP contribution in [0.1, 0.15) is 40.1 Å². The number of amides is 1. The van der Waals surface area contributed by atoms with Gasteiger partial charge in [-0.3, -0.25) is 9.78 Å². The molecule has 5 heteroatoms. The number of aromatic nitrogens is 1. The number of nitrogens with zero attached hydrogens (tertiary/aromatic N) is 2. The Balaban J connectivity index is 2.01. The normalized spacial score (nSPS) is 12.2. The fraction of sp³-hybridized carbons (Fsp3) is 0.238. The van der Waals surface area contributed by atoms with Gasteiger partial charge in [-0.25, -0.2) is 8.78 Å². The predicted octanol–water partition coefficient (Wildman–Crippen LogP) is 4.96. The molecule has 0 aliphatic rings. The lowest BCUT2D eigenvalue weighted by atomic mass is 10.0. The Morgan fingerprint density at radius 3 is 2.46 bits per heavy atom. The average Bonchev–Trinajstić information content (AvgIpc) is 2.61. The summed E-state index contributed by atoms with van der Waals surface area (Å²) in [4.78, 5) is 19.1.